The summed E-state index contributed by atoms with van der Waals surface area (Å²) in [7, 11) is 1.34. The van der Waals surface area contributed by atoms with Gasteiger partial charge in [-0.1, -0.05) is 12.1 Å². The maximum absolute atomic E-state index is 13.8. The lowest BCUT2D eigenvalue weighted by Crippen LogP contribution is -2.55. The van der Waals surface area contributed by atoms with Gasteiger partial charge in [0, 0.05) is 48.6 Å². The number of ketones is 3. The van der Waals surface area contributed by atoms with Crippen LogP contribution in [0.2, 0.25) is 0 Å². The Bertz CT molecular complexity index is 1520. The summed E-state index contributed by atoms with van der Waals surface area (Å²) in [5.74, 6) is -3.67. The van der Waals surface area contributed by atoms with Crippen molar-refractivity contribution >= 4 is 17.3 Å². The number of Topliss-reactive ketones (excluding diaryl/α,β-unsaturated/α-hetero) is 1. The van der Waals surface area contributed by atoms with Crippen LogP contribution in [0.25, 0.3) is 0 Å². The SMILES string of the molecule is COc1cccc2c1C(=O)c1c(O)c3c(c(O)c1C2=O)C[C@@](O)(C(=O)CO)C[C@@H]3O[C@@H]1C[C@H](N)[C@H](O[C@H]2CCCCO2)[C@H](C)O1. The molecule has 0 aromatic heterocycles. The molecule has 2 saturated heterocycles. The Morgan fingerprint density at radius 2 is 1.82 bits per heavy atom. The lowest BCUT2D eigenvalue weighted by Gasteiger charge is -2.43. The molecule has 13 nitrogen and oxygen atoms in total. The van der Waals surface area contributed by atoms with Crippen LogP contribution in [0, 0.1) is 0 Å². The Labute approximate surface area is 258 Å². The summed E-state index contributed by atoms with van der Waals surface area (Å²) in [6.45, 7) is 1.35. The first-order valence-corrected chi connectivity index (χ1v) is 15.1. The van der Waals surface area contributed by atoms with Gasteiger partial charge >= 0.3 is 0 Å². The molecule has 0 unspecified atom stereocenters. The molecule has 7 atom stereocenters. The molecule has 4 aliphatic rings. The average molecular weight is 628 g/mol. The summed E-state index contributed by atoms with van der Waals surface area (Å²) in [4.78, 5) is 40.2. The second kappa shape index (κ2) is 12.1. The van der Waals surface area contributed by atoms with Gasteiger partial charge in [-0.25, -0.2) is 0 Å². The van der Waals surface area contributed by atoms with Gasteiger partial charge in [-0.2, -0.15) is 0 Å². The number of carbonyl (C=O) groups is 3. The normalized spacial score (nSPS) is 31.1. The van der Waals surface area contributed by atoms with Crippen LogP contribution in [0.4, 0.5) is 0 Å². The van der Waals surface area contributed by atoms with Crippen LogP contribution in [-0.2, 0) is 30.2 Å². The monoisotopic (exact) mass is 627 g/mol. The lowest BCUT2D eigenvalue weighted by atomic mass is 9.72. The summed E-state index contributed by atoms with van der Waals surface area (Å²) in [6, 6.07) is 3.86. The second-order valence-corrected chi connectivity index (χ2v) is 12.1. The van der Waals surface area contributed by atoms with Crippen molar-refractivity contribution in [1.29, 1.82) is 0 Å². The van der Waals surface area contributed by atoms with E-state index in [-0.39, 0.29) is 34.4 Å². The summed E-state index contributed by atoms with van der Waals surface area (Å²) in [5.41, 5.74) is 2.98. The van der Waals surface area contributed by atoms with E-state index < -0.39 is 102 Å². The predicted octanol–water partition coefficient (Wildman–Crippen LogP) is 1.55. The summed E-state index contributed by atoms with van der Waals surface area (Å²) in [6.07, 6.45) is -2.03. The van der Waals surface area contributed by atoms with Gasteiger partial charge in [0.15, 0.2) is 24.1 Å². The molecule has 45 heavy (non-hydrogen) atoms. The van der Waals surface area contributed by atoms with Crippen LogP contribution in [0.5, 0.6) is 17.2 Å². The minimum atomic E-state index is -2.24. The number of carbonyl (C=O) groups excluding carboxylic acids is 3. The largest absolute Gasteiger partial charge is 0.507 e. The molecule has 2 aliphatic heterocycles. The van der Waals surface area contributed by atoms with E-state index in [0.717, 1.165) is 19.3 Å². The highest BCUT2D eigenvalue weighted by molar-refractivity contribution is 6.31. The van der Waals surface area contributed by atoms with E-state index in [4.69, 9.17) is 29.4 Å². The number of fused-ring (bicyclic) bond motifs is 3. The van der Waals surface area contributed by atoms with Gasteiger partial charge in [0.2, 0.25) is 5.78 Å². The Kier molecular flexibility index (Phi) is 8.46. The average Bonchev–Trinajstić information content (AvgIpc) is 3.02. The van der Waals surface area contributed by atoms with Crippen LogP contribution in [-0.4, -0.2) is 94.5 Å². The Morgan fingerprint density at radius 1 is 1.07 bits per heavy atom. The standard InChI is InChI=1S/C32H37NO12/c1-14-31(45-21-8-3-4-9-42-21)17(33)10-22(43-14)44-19-12-32(40,20(35)13-34)11-16-24(19)30(39)26-25(28(16)37)27(36)15-6-5-7-18(41-2)23(15)29(26)38/h5-7,14,17,19,21-22,31,34,37,39-40H,3-4,8-13,33H2,1-2H3/t14-,17-,19-,21-,22+,31+,32-/m0/s1. The number of ether oxygens (including phenoxy) is 5. The quantitative estimate of drug-likeness (QED) is 0.236. The number of phenols is 2. The zero-order valence-electron chi connectivity index (χ0n) is 25.0. The van der Waals surface area contributed by atoms with Crippen LogP contribution in [0.3, 0.4) is 0 Å². The zero-order valence-corrected chi connectivity index (χ0v) is 25.0. The molecule has 6 N–H and O–H groups in total. The molecule has 2 heterocycles. The van der Waals surface area contributed by atoms with E-state index in [2.05, 4.69) is 0 Å². The van der Waals surface area contributed by atoms with Crippen LogP contribution < -0.4 is 10.5 Å². The number of rotatable bonds is 7. The highest BCUT2D eigenvalue weighted by atomic mass is 16.7. The van der Waals surface area contributed by atoms with Crippen molar-refractivity contribution < 1.29 is 58.5 Å². The van der Waals surface area contributed by atoms with E-state index >= 15 is 0 Å². The van der Waals surface area contributed by atoms with Crippen LogP contribution in [0.15, 0.2) is 18.2 Å². The highest BCUT2D eigenvalue weighted by Crippen LogP contribution is 2.52. The van der Waals surface area contributed by atoms with E-state index in [1.807, 2.05) is 0 Å². The molecular weight excluding hydrogens is 590 g/mol. The van der Waals surface area contributed by atoms with Gasteiger partial charge < -0.3 is 49.8 Å². The molecule has 2 fully saturated rings. The molecule has 2 aliphatic carbocycles. The van der Waals surface area contributed by atoms with E-state index in [1.165, 1.54) is 25.3 Å². The van der Waals surface area contributed by atoms with Crippen LogP contribution >= 0.6 is 0 Å². The molecular formula is C32H37NO12. The van der Waals surface area contributed by atoms with Crippen molar-refractivity contribution in [2.24, 2.45) is 5.73 Å². The number of phenolic OH excluding ortho intramolecular Hbond substituents is 2. The van der Waals surface area contributed by atoms with Gasteiger partial charge in [0.1, 0.15) is 35.6 Å². The summed E-state index contributed by atoms with van der Waals surface area (Å²) in [5, 5.41) is 44.2. The van der Waals surface area contributed by atoms with Crippen LogP contribution in [0.1, 0.15) is 88.1 Å². The number of hydrogen-bond donors (Lipinski definition) is 5. The van der Waals surface area contributed by atoms with Gasteiger partial charge in [0.05, 0.1) is 36.0 Å². The second-order valence-electron chi connectivity index (χ2n) is 12.1. The third-order valence-electron chi connectivity index (χ3n) is 9.22. The summed E-state index contributed by atoms with van der Waals surface area (Å²) >= 11 is 0. The topological polar surface area (TPSA) is 204 Å². The van der Waals surface area contributed by atoms with Crippen molar-refractivity contribution in [3.8, 4) is 17.2 Å². The maximum Gasteiger partial charge on any atom is 0.202 e. The number of aromatic hydroxyl groups is 2. The van der Waals surface area contributed by atoms with Gasteiger partial charge in [0.25, 0.3) is 0 Å². The molecule has 13 heteroatoms. The molecule has 0 bridgehead atoms. The third kappa shape index (κ3) is 5.31. The Morgan fingerprint density at radius 3 is 2.49 bits per heavy atom. The minimum absolute atomic E-state index is 0.0409. The molecule has 242 valence electrons. The predicted molar refractivity (Wildman–Crippen MR) is 154 cm³/mol. The van der Waals surface area contributed by atoms with E-state index in [0.29, 0.717) is 6.61 Å². The molecule has 6 rings (SSSR count). The number of aliphatic hydroxyl groups is 2. The maximum atomic E-state index is 13.8. The molecule has 0 amide bonds. The fourth-order valence-corrected chi connectivity index (χ4v) is 6.95. The number of methoxy groups -OCH3 is 1. The smallest absolute Gasteiger partial charge is 0.202 e. The Balaban J connectivity index is 1.38. The molecule has 0 spiro atoms. The zero-order chi connectivity index (χ0) is 32.2. The van der Waals surface area contributed by atoms with Crippen molar-refractivity contribution in [2.45, 2.75) is 88.0 Å². The molecule has 2 aromatic rings. The minimum Gasteiger partial charge on any atom is -0.507 e. The third-order valence-corrected chi connectivity index (χ3v) is 9.22. The summed E-state index contributed by atoms with van der Waals surface area (Å²) < 4.78 is 29.5. The van der Waals surface area contributed by atoms with Gasteiger partial charge in [-0.3, -0.25) is 14.4 Å². The number of benzene rings is 2. The molecule has 0 saturated carbocycles. The number of aliphatic hydroxyl groups excluding tert-OH is 1. The van der Waals surface area contributed by atoms with Gasteiger partial charge in [-0.15, -0.1) is 0 Å². The van der Waals surface area contributed by atoms with E-state index in [9.17, 15) is 34.8 Å². The molecule has 2 aromatic carbocycles. The fourth-order valence-electron chi connectivity index (χ4n) is 6.95. The molecule has 0 radical (unpaired) electrons. The number of hydrogen-bond acceptors (Lipinski definition) is 13. The van der Waals surface area contributed by atoms with Crippen molar-refractivity contribution in [3.05, 3.63) is 51.6 Å². The fraction of sp³-hybridized carbons (Fsp3) is 0.531. The van der Waals surface area contributed by atoms with Crippen molar-refractivity contribution in [2.75, 3.05) is 20.3 Å². The number of nitrogens with two attached hydrogens (primary N) is 1. The van der Waals surface area contributed by atoms with Crippen molar-refractivity contribution in [3.63, 3.8) is 0 Å². The first-order valence-electron chi connectivity index (χ1n) is 15.1. The van der Waals surface area contributed by atoms with Gasteiger partial charge in [-0.05, 0) is 32.3 Å². The Hall–Kier alpha value is -3.43. The first-order chi connectivity index (χ1) is 21.5. The highest BCUT2D eigenvalue weighted by Gasteiger charge is 2.50. The van der Waals surface area contributed by atoms with Crippen molar-refractivity contribution in [1.82, 2.24) is 0 Å². The first kappa shape index (κ1) is 31.5. The van der Waals surface area contributed by atoms with E-state index in [1.54, 1.807) is 6.92 Å². The lowest BCUT2D eigenvalue weighted by molar-refractivity contribution is -0.281.